The van der Waals surface area contributed by atoms with E-state index in [9.17, 15) is 4.79 Å². The Hall–Kier alpha value is -1.08. The summed E-state index contributed by atoms with van der Waals surface area (Å²) in [4.78, 5) is 16.4. The van der Waals surface area contributed by atoms with Crippen LogP contribution in [-0.4, -0.2) is 47.9 Å². The van der Waals surface area contributed by atoms with Gasteiger partial charge in [-0.2, -0.15) is 5.26 Å². The molecule has 96 valence electrons. The molecule has 0 aliphatic carbocycles. The summed E-state index contributed by atoms with van der Waals surface area (Å²) in [5, 5.41) is 9.12. The van der Waals surface area contributed by atoms with Gasteiger partial charge in [0.1, 0.15) is 5.41 Å². The Morgan fingerprint density at radius 1 is 1.35 bits per heavy atom. The smallest absolute Gasteiger partial charge is 0.242 e. The molecule has 1 saturated heterocycles. The van der Waals surface area contributed by atoms with Gasteiger partial charge in [0.05, 0.1) is 6.07 Å². The Bertz CT molecular complexity index is 313. The van der Waals surface area contributed by atoms with Gasteiger partial charge < -0.3 is 4.90 Å². The van der Waals surface area contributed by atoms with Crippen molar-refractivity contribution in [1.82, 2.24) is 9.80 Å². The van der Waals surface area contributed by atoms with E-state index in [0.717, 1.165) is 26.2 Å². The van der Waals surface area contributed by atoms with E-state index in [-0.39, 0.29) is 5.91 Å². The highest BCUT2D eigenvalue weighted by Gasteiger charge is 2.36. The molecule has 1 atom stereocenters. The third-order valence-electron chi connectivity index (χ3n) is 3.76. The molecule has 1 rings (SSSR count). The van der Waals surface area contributed by atoms with Gasteiger partial charge in [0, 0.05) is 32.2 Å². The highest BCUT2D eigenvalue weighted by Crippen LogP contribution is 2.23. The average molecular weight is 237 g/mol. The van der Waals surface area contributed by atoms with E-state index >= 15 is 0 Å². The molecule has 4 nitrogen and oxygen atoms in total. The van der Waals surface area contributed by atoms with Crippen molar-refractivity contribution >= 4 is 5.91 Å². The van der Waals surface area contributed by atoms with E-state index in [1.54, 1.807) is 6.92 Å². The number of hydrogen-bond acceptors (Lipinski definition) is 3. The molecule has 1 fully saturated rings. The van der Waals surface area contributed by atoms with Crippen LogP contribution in [0.5, 0.6) is 0 Å². The fourth-order valence-corrected chi connectivity index (χ4v) is 2.07. The number of rotatable bonds is 3. The summed E-state index contributed by atoms with van der Waals surface area (Å²) < 4.78 is 0. The van der Waals surface area contributed by atoms with Crippen molar-refractivity contribution < 1.29 is 4.79 Å². The molecule has 1 unspecified atom stereocenters. The summed E-state index contributed by atoms with van der Waals surface area (Å²) in [7, 11) is 0. The number of hydrogen-bond donors (Lipinski definition) is 0. The van der Waals surface area contributed by atoms with Gasteiger partial charge >= 0.3 is 0 Å². The maximum absolute atomic E-state index is 12.2. The number of piperazine rings is 1. The molecule has 1 heterocycles. The van der Waals surface area contributed by atoms with Crippen molar-refractivity contribution in [2.24, 2.45) is 5.41 Å². The monoisotopic (exact) mass is 237 g/mol. The molecule has 1 aliphatic heterocycles. The van der Waals surface area contributed by atoms with Crippen LogP contribution in [0.3, 0.4) is 0 Å². The molecular formula is C13H23N3O. The molecule has 0 N–H and O–H groups in total. The Kier molecular flexibility index (Phi) is 4.53. The topological polar surface area (TPSA) is 47.3 Å². The summed E-state index contributed by atoms with van der Waals surface area (Å²) in [6.07, 6.45) is 0.576. The third kappa shape index (κ3) is 2.98. The quantitative estimate of drug-likeness (QED) is 0.747. The third-order valence-corrected chi connectivity index (χ3v) is 3.76. The molecule has 4 heteroatoms. The van der Waals surface area contributed by atoms with Crippen LogP contribution >= 0.6 is 0 Å². The first-order valence-electron chi connectivity index (χ1n) is 6.39. The fourth-order valence-electron chi connectivity index (χ4n) is 2.07. The molecule has 0 aromatic rings. The molecule has 0 saturated carbocycles. The largest absolute Gasteiger partial charge is 0.339 e. The Morgan fingerprint density at radius 2 is 1.88 bits per heavy atom. The summed E-state index contributed by atoms with van der Waals surface area (Å²) in [6.45, 7) is 11.3. The van der Waals surface area contributed by atoms with Crippen molar-refractivity contribution in [3.63, 3.8) is 0 Å². The summed E-state index contributed by atoms with van der Waals surface area (Å²) >= 11 is 0. The van der Waals surface area contributed by atoms with E-state index in [1.807, 2.05) is 11.8 Å². The van der Waals surface area contributed by atoms with Crippen molar-refractivity contribution in [3.05, 3.63) is 0 Å². The van der Waals surface area contributed by atoms with Crippen LogP contribution in [0.1, 0.15) is 34.1 Å². The van der Waals surface area contributed by atoms with E-state index in [2.05, 4.69) is 24.8 Å². The lowest BCUT2D eigenvalue weighted by molar-refractivity contribution is -0.140. The Morgan fingerprint density at radius 3 is 2.24 bits per heavy atom. The van der Waals surface area contributed by atoms with Crippen LogP contribution < -0.4 is 0 Å². The molecule has 0 aromatic carbocycles. The van der Waals surface area contributed by atoms with Crippen LogP contribution in [0.4, 0.5) is 0 Å². The summed E-state index contributed by atoms with van der Waals surface area (Å²) in [6, 6.07) is 2.68. The van der Waals surface area contributed by atoms with E-state index < -0.39 is 5.41 Å². The summed E-state index contributed by atoms with van der Waals surface area (Å²) in [5.74, 6) is -0.00842. The number of carbonyl (C=O) groups excluding carboxylic acids is 1. The van der Waals surface area contributed by atoms with Crippen LogP contribution in [-0.2, 0) is 4.79 Å². The first kappa shape index (κ1) is 14.0. The molecule has 0 spiro atoms. The maximum atomic E-state index is 12.2. The van der Waals surface area contributed by atoms with E-state index in [4.69, 9.17) is 5.26 Å². The molecular weight excluding hydrogens is 214 g/mol. The zero-order valence-corrected chi connectivity index (χ0v) is 11.4. The van der Waals surface area contributed by atoms with E-state index in [0.29, 0.717) is 12.5 Å². The minimum atomic E-state index is -0.847. The van der Waals surface area contributed by atoms with Gasteiger partial charge in [-0.05, 0) is 27.2 Å². The zero-order valence-electron chi connectivity index (χ0n) is 11.4. The predicted molar refractivity (Wildman–Crippen MR) is 67.3 cm³/mol. The second-order valence-corrected chi connectivity index (χ2v) is 5.22. The van der Waals surface area contributed by atoms with Gasteiger partial charge in [0.2, 0.25) is 5.91 Å². The number of nitrogens with zero attached hydrogens (tertiary/aromatic N) is 3. The second-order valence-electron chi connectivity index (χ2n) is 5.22. The number of amides is 1. The SMILES string of the molecule is CCC(C)(C#N)C(=O)N1CCN(C(C)C)CC1. The molecule has 0 aromatic heterocycles. The van der Waals surface area contributed by atoms with Gasteiger partial charge in [0.25, 0.3) is 0 Å². The maximum Gasteiger partial charge on any atom is 0.242 e. The molecule has 0 radical (unpaired) electrons. The second kappa shape index (κ2) is 5.50. The normalized spacial score (nSPS) is 21.1. The lowest BCUT2D eigenvalue weighted by atomic mass is 9.87. The van der Waals surface area contributed by atoms with Crippen molar-refractivity contribution in [3.8, 4) is 6.07 Å². The highest BCUT2D eigenvalue weighted by atomic mass is 16.2. The van der Waals surface area contributed by atoms with Crippen molar-refractivity contribution in [2.45, 2.75) is 40.2 Å². The summed E-state index contributed by atoms with van der Waals surface area (Å²) in [5.41, 5.74) is -0.847. The van der Waals surface area contributed by atoms with Crippen LogP contribution in [0.2, 0.25) is 0 Å². The lowest BCUT2D eigenvalue weighted by Crippen LogP contribution is -2.53. The molecule has 17 heavy (non-hydrogen) atoms. The lowest BCUT2D eigenvalue weighted by Gasteiger charge is -2.39. The average Bonchev–Trinajstić information content (AvgIpc) is 2.37. The van der Waals surface area contributed by atoms with Gasteiger partial charge in [-0.3, -0.25) is 9.69 Å². The minimum absolute atomic E-state index is 0.00842. The number of nitriles is 1. The Balaban J connectivity index is 2.61. The standard InChI is InChI=1S/C13H23N3O/c1-5-13(4,10-14)12(17)16-8-6-15(7-9-16)11(2)3/h11H,5-9H2,1-4H3. The van der Waals surface area contributed by atoms with E-state index in [1.165, 1.54) is 0 Å². The zero-order chi connectivity index (χ0) is 13.1. The van der Waals surface area contributed by atoms with Crippen LogP contribution in [0.25, 0.3) is 0 Å². The van der Waals surface area contributed by atoms with Gasteiger partial charge in [0.15, 0.2) is 0 Å². The first-order valence-corrected chi connectivity index (χ1v) is 6.39. The minimum Gasteiger partial charge on any atom is -0.339 e. The highest BCUT2D eigenvalue weighted by molar-refractivity contribution is 5.85. The number of carbonyl (C=O) groups is 1. The van der Waals surface area contributed by atoms with Gasteiger partial charge in [-0.15, -0.1) is 0 Å². The first-order chi connectivity index (χ1) is 7.94. The fraction of sp³-hybridized carbons (Fsp3) is 0.846. The van der Waals surface area contributed by atoms with Crippen molar-refractivity contribution in [1.29, 1.82) is 5.26 Å². The van der Waals surface area contributed by atoms with Crippen LogP contribution in [0.15, 0.2) is 0 Å². The van der Waals surface area contributed by atoms with Gasteiger partial charge in [-0.1, -0.05) is 6.92 Å². The molecule has 1 aliphatic rings. The predicted octanol–water partition coefficient (Wildman–Crippen LogP) is 1.48. The molecule has 1 amide bonds. The van der Waals surface area contributed by atoms with Crippen LogP contribution in [0, 0.1) is 16.7 Å². The Labute approximate surface area is 104 Å². The van der Waals surface area contributed by atoms with Gasteiger partial charge in [-0.25, -0.2) is 0 Å². The molecule has 0 bridgehead atoms. The van der Waals surface area contributed by atoms with Crippen molar-refractivity contribution in [2.75, 3.05) is 26.2 Å².